The van der Waals surface area contributed by atoms with Gasteiger partial charge in [0.25, 0.3) is 5.91 Å². The monoisotopic (exact) mass is 326 g/mol. The minimum atomic E-state index is -0.483. The van der Waals surface area contributed by atoms with E-state index >= 15 is 0 Å². The number of anilines is 1. The summed E-state index contributed by atoms with van der Waals surface area (Å²) < 4.78 is 5.35. The lowest BCUT2D eigenvalue weighted by Gasteiger charge is -2.05. The number of halogens is 1. The number of carbonyl (C=O) groups is 1. The van der Waals surface area contributed by atoms with Gasteiger partial charge < -0.3 is 10.1 Å². The molecular weight excluding hydrogens is 312 g/mol. The summed E-state index contributed by atoms with van der Waals surface area (Å²) in [6, 6.07) is 15.8. The van der Waals surface area contributed by atoms with E-state index in [1.807, 2.05) is 13.0 Å². The van der Waals surface area contributed by atoms with Crippen molar-refractivity contribution in [1.29, 1.82) is 5.26 Å². The highest BCUT2D eigenvalue weighted by atomic mass is 35.5. The Morgan fingerprint density at radius 1 is 1.30 bits per heavy atom. The van der Waals surface area contributed by atoms with Gasteiger partial charge >= 0.3 is 0 Å². The number of amides is 1. The second-order valence-corrected chi connectivity index (χ2v) is 5.07. The van der Waals surface area contributed by atoms with E-state index < -0.39 is 5.91 Å². The molecule has 2 rings (SSSR count). The Balaban J connectivity index is 2.14. The van der Waals surface area contributed by atoms with Gasteiger partial charge in [-0.2, -0.15) is 5.26 Å². The number of carbonyl (C=O) groups excluding carboxylic acids is 1. The van der Waals surface area contributed by atoms with Crippen LogP contribution in [0.25, 0.3) is 6.08 Å². The Hall–Kier alpha value is -2.77. The normalized spacial score (nSPS) is 10.7. The summed E-state index contributed by atoms with van der Waals surface area (Å²) in [7, 11) is 0. The second kappa shape index (κ2) is 8.02. The average Bonchev–Trinajstić information content (AvgIpc) is 2.54. The SMILES string of the molecule is CCOc1ccc(/C=C(\C#N)C(=O)Nc2cccc(Cl)c2)cc1. The maximum absolute atomic E-state index is 12.2. The lowest BCUT2D eigenvalue weighted by atomic mass is 10.1. The van der Waals surface area contributed by atoms with E-state index in [2.05, 4.69) is 5.32 Å². The van der Waals surface area contributed by atoms with Crippen LogP contribution in [0.3, 0.4) is 0 Å². The third-order valence-electron chi connectivity index (χ3n) is 2.95. The van der Waals surface area contributed by atoms with E-state index in [9.17, 15) is 10.1 Å². The summed E-state index contributed by atoms with van der Waals surface area (Å²) in [5.41, 5.74) is 1.29. The molecule has 1 N–H and O–H groups in total. The van der Waals surface area contributed by atoms with Gasteiger partial charge in [-0.1, -0.05) is 29.8 Å². The molecule has 0 aliphatic heterocycles. The van der Waals surface area contributed by atoms with Gasteiger partial charge in [0, 0.05) is 10.7 Å². The molecule has 1 amide bonds. The second-order valence-electron chi connectivity index (χ2n) is 4.64. The molecule has 5 heteroatoms. The van der Waals surface area contributed by atoms with Gasteiger partial charge in [-0.3, -0.25) is 4.79 Å². The molecule has 0 atom stereocenters. The van der Waals surface area contributed by atoms with Crippen LogP contribution in [0, 0.1) is 11.3 Å². The summed E-state index contributed by atoms with van der Waals surface area (Å²) in [4.78, 5) is 12.2. The van der Waals surface area contributed by atoms with E-state index in [1.54, 1.807) is 48.5 Å². The molecule has 116 valence electrons. The fourth-order valence-electron chi connectivity index (χ4n) is 1.91. The van der Waals surface area contributed by atoms with Gasteiger partial charge in [0.05, 0.1) is 6.61 Å². The van der Waals surface area contributed by atoms with Gasteiger partial charge in [0.15, 0.2) is 0 Å². The van der Waals surface area contributed by atoms with E-state index in [1.165, 1.54) is 6.08 Å². The van der Waals surface area contributed by atoms with E-state index in [-0.39, 0.29) is 5.57 Å². The lowest BCUT2D eigenvalue weighted by Crippen LogP contribution is -2.13. The van der Waals surface area contributed by atoms with Crippen molar-refractivity contribution in [1.82, 2.24) is 0 Å². The molecule has 0 heterocycles. The van der Waals surface area contributed by atoms with Crippen LogP contribution in [0.4, 0.5) is 5.69 Å². The number of hydrogen-bond acceptors (Lipinski definition) is 3. The molecule has 0 radical (unpaired) electrons. The molecule has 2 aromatic rings. The molecular formula is C18H15ClN2O2. The molecule has 0 fully saturated rings. The van der Waals surface area contributed by atoms with Gasteiger partial charge in [0.1, 0.15) is 17.4 Å². The third-order valence-corrected chi connectivity index (χ3v) is 3.18. The maximum atomic E-state index is 12.2. The van der Waals surface area contributed by atoms with E-state index in [0.717, 1.165) is 11.3 Å². The highest BCUT2D eigenvalue weighted by Gasteiger charge is 2.09. The molecule has 0 saturated heterocycles. The molecule has 0 aromatic heterocycles. The summed E-state index contributed by atoms with van der Waals surface area (Å²) in [5.74, 6) is 0.259. The lowest BCUT2D eigenvalue weighted by molar-refractivity contribution is -0.112. The smallest absolute Gasteiger partial charge is 0.266 e. The van der Waals surface area contributed by atoms with E-state index in [4.69, 9.17) is 16.3 Å². The number of hydrogen-bond donors (Lipinski definition) is 1. The highest BCUT2D eigenvalue weighted by molar-refractivity contribution is 6.31. The fourth-order valence-corrected chi connectivity index (χ4v) is 2.10. The zero-order chi connectivity index (χ0) is 16.7. The van der Waals surface area contributed by atoms with E-state index in [0.29, 0.717) is 17.3 Å². The number of ether oxygens (including phenoxy) is 1. The number of nitrogens with one attached hydrogen (secondary N) is 1. The first-order chi connectivity index (χ1) is 11.1. The molecule has 0 bridgehead atoms. The van der Waals surface area contributed by atoms with Gasteiger partial charge in [0.2, 0.25) is 0 Å². The summed E-state index contributed by atoms with van der Waals surface area (Å²) in [5, 5.41) is 12.4. The van der Waals surface area contributed by atoms with Crippen LogP contribution < -0.4 is 10.1 Å². The Kier molecular flexibility index (Phi) is 5.79. The van der Waals surface area contributed by atoms with Crippen molar-refractivity contribution in [2.45, 2.75) is 6.92 Å². The van der Waals surface area contributed by atoms with Crippen molar-refractivity contribution in [2.75, 3.05) is 11.9 Å². The van der Waals surface area contributed by atoms with Crippen LogP contribution in [0.2, 0.25) is 5.02 Å². The van der Waals surface area contributed by atoms with Gasteiger partial charge in [-0.15, -0.1) is 0 Å². The third kappa shape index (κ3) is 4.87. The Morgan fingerprint density at radius 2 is 2.04 bits per heavy atom. The average molecular weight is 327 g/mol. The fraction of sp³-hybridized carbons (Fsp3) is 0.111. The molecule has 2 aromatic carbocycles. The van der Waals surface area contributed by atoms with Crippen molar-refractivity contribution >= 4 is 29.3 Å². The quantitative estimate of drug-likeness (QED) is 0.658. The molecule has 4 nitrogen and oxygen atoms in total. The predicted molar refractivity (Wildman–Crippen MR) is 91.3 cm³/mol. The Labute approximate surface area is 140 Å². The van der Waals surface area contributed by atoms with Crippen LogP contribution in [0.1, 0.15) is 12.5 Å². The maximum Gasteiger partial charge on any atom is 0.266 e. The van der Waals surface area contributed by atoms with Crippen LogP contribution in [-0.4, -0.2) is 12.5 Å². The first kappa shape index (κ1) is 16.6. The first-order valence-corrected chi connectivity index (χ1v) is 7.41. The van der Waals surface area contributed by atoms with Crippen LogP contribution in [0.15, 0.2) is 54.1 Å². The topological polar surface area (TPSA) is 62.1 Å². The Bertz CT molecular complexity index is 761. The minimum absolute atomic E-state index is 0.00846. The van der Waals surface area contributed by atoms with Crippen molar-refractivity contribution in [2.24, 2.45) is 0 Å². The van der Waals surface area contributed by atoms with Crippen LogP contribution in [0.5, 0.6) is 5.75 Å². The molecule has 0 unspecified atom stereocenters. The molecule has 0 saturated carbocycles. The number of benzene rings is 2. The zero-order valence-corrected chi connectivity index (χ0v) is 13.3. The summed E-state index contributed by atoms with van der Waals surface area (Å²) in [6.45, 7) is 2.49. The number of nitrogens with zero attached hydrogens (tertiary/aromatic N) is 1. The highest BCUT2D eigenvalue weighted by Crippen LogP contribution is 2.17. The van der Waals surface area contributed by atoms with Crippen molar-refractivity contribution in [3.8, 4) is 11.8 Å². The first-order valence-electron chi connectivity index (χ1n) is 7.04. The minimum Gasteiger partial charge on any atom is -0.494 e. The van der Waals surface area contributed by atoms with Crippen molar-refractivity contribution in [3.63, 3.8) is 0 Å². The standard InChI is InChI=1S/C18H15ClN2O2/c1-2-23-17-8-6-13(7-9-17)10-14(12-20)18(22)21-16-5-3-4-15(19)11-16/h3-11H,2H2,1H3,(H,21,22)/b14-10+. The largest absolute Gasteiger partial charge is 0.494 e. The molecule has 0 spiro atoms. The van der Waals surface area contributed by atoms with Crippen molar-refractivity contribution < 1.29 is 9.53 Å². The number of rotatable bonds is 5. The molecule has 0 aliphatic carbocycles. The summed E-state index contributed by atoms with van der Waals surface area (Å²) in [6.07, 6.45) is 1.52. The van der Waals surface area contributed by atoms with Crippen molar-refractivity contribution in [3.05, 3.63) is 64.7 Å². The van der Waals surface area contributed by atoms with Crippen LogP contribution >= 0.6 is 11.6 Å². The predicted octanol–water partition coefficient (Wildman–Crippen LogP) is 4.28. The van der Waals surface area contributed by atoms with Gasteiger partial charge in [-0.25, -0.2) is 0 Å². The summed E-state index contributed by atoms with van der Waals surface area (Å²) >= 11 is 5.87. The molecule has 0 aliphatic rings. The molecule has 23 heavy (non-hydrogen) atoms. The Morgan fingerprint density at radius 3 is 2.65 bits per heavy atom. The van der Waals surface area contributed by atoms with Crippen LogP contribution in [-0.2, 0) is 4.79 Å². The zero-order valence-electron chi connectivity index (χ0n) is 12.5. The number of nitriles is 1. The van der Waals surface area contributed by atoms with Gasteiger partial charge in [-0.05, 0) is 48.9 Å².